The van der Waals surface area contributed by atoms with Gasteiger partial charge in [0, 0.05) is 43.4 Å². The molecule has 2 amide bonds. The Labute approximate surface area is 186 Å². The molecule has 1 aromatic carbocycles. The van der Waals surface area contributed by atoms with Gasteiger partial charge in [-0.1, -0.05) is 31.0 Å². The number of carbonyl (C=O) groups excluding carboxylic acids is 2. The largest absolute Gasteiger partial charge is 0.426 e. The molecule has 32 heavy (non-hydrogen) atoms. The first-order valence-corrected chi connectivity index (χ1v) is 11.1. The highest BCUT2D eigenvalue weighted by Gasteiger charge is 2.31. The van der Waals surface area contributed by atoms with E-state index in [2.05, 4.69) is 10.4 Å². The number of ether oxygens (including phenoxy) is 1. The third-order valence-corrected chi connectivity index (χ3v) is 6.19. The van der Waals surface area contributed by atoms with Crippen molar-refractivity contribution >= 4 is 11.8 Å². The molecular formula is C24H26N4O4. The Morgan fingerprint density at radius 2 is 1.91 bits per heavy atom. The number of carbonyl (C=O) groups is 2. The number of hydrogen-bond donors (Lipinski definition) is 1. The molecule has 166 valence electrons. The predicted molar refractivity (Wildman–Crippen MR) is 117 cm³/mol. The van der Waals surface area contributed by atoms with Crippen LogP contribution in [-0.4, -0.2) is 39.1 Å². The van der Waals surface area contributed by atoms with Gasteiger partial charge in [-0.25, -0.2) is 0 Å². The van der Waals surface area contributed by atoms with Crippen molar-refractivity contribution in [3.8, 4) is 11.7 Å². The minimum Gasteiger partial charge on any atom is -0.426 e. The molecule has 0 spiro atoms. The van der Waals surface area contributed by atoms with E-state index in [1.165, 1.54) is 0 Å². The summed E-state index contributed by atoms with van der Waals surface area (Å²) < 4.78 is 13.1. The van der Waals surface area contributed by atoms with Gasteiger partial charge in [0.25, 0.3) is 17.8 Å². The number of fused-ring (bicyclic) bond motifs is 1. The Kier molecular flexibility index (Phi) is 5.43. The monoisotopic (exact) mass is 434 g/mol. The van der Waals surface area contributed by atoms with E-state index in [9.17, 15) is 9.59 Å². The molecule has 0 bridgehead atoms. The summed E-state index contributed by atoms with van der Waals surface area (Å²) >= 11 is 0. The molecule has 1 aliphatic carbocycles. The highest BCUT2D eigenvalue weighted by molar-refractivity contribution is 5.95. The average molecular weight is 434 g/mol. The molecule has 2 aromatic heterocycles. The third-order valence-electron chi connectivity index (χ3n) is 6.19. The molecule has 0 atom stereocenters. The van der Waals surface area contributed by atoms with Crippen molar-refractivity contribution in [3.63, 3.8) is 0 Å². The third kappa shape index (κ3) is 4.00. The number of aryl methyl sites for hydroxylation is 1. The Bertz CT molecular complexity index is 1130. The molecule has 3 aromatic rings. The van der Waals surface area contributed by atoms with Crippen LogP contribution in [0.1, 0.15) is 58.0 Å². The molecule has 0 unspecified atom stereocenters. The lowest BCUT2D eigenvalue weighted by atomic mass is 10.0. The Balaban J connectivity index is 1.30. The Morgan fingerprint density at radius 3 is 2.69 bits per heavy atom. The molecule has 1 saturated carbocycles. The Hall–Kier alpha value is -3.55. The number of nitrogens with one attached hydrogen (secondary N) is 1. The van der Waals surface area contributed by atoms with Crippen molar-refractivity contribution < 1.29 is 18.7 Å². The molecule has 1 N–H and O–H groups in total. The van der Waals surface area contributed by atoms with Crippen molar-refractivity contribution in [2.75, 3.05) is 6.54 Å². The maximum atomic E-state index is 13.1. The SMILES string of the molecule is Cn1nc(C(=O)NC2CCCC2)c2c1CCN(C(=O)c1ccc(Oc3ccccc3)o1)C2. The average Bonchev–Trinajstić information content (AvgIpc) is 3.55. The first kappa shape index (κ1) is 20.4. The summed E-state index contributed by atoms with van der Waals surface area (Å²) in [6.45, 7) is 0.857. The molecule has 8 nitrogen and oxygen atoms in total. The van der Waals surface area contributed by atoms with Gasteiger partial charge in [0.05, 0.1) is 6.54 Å². The molecular weight excluding hydrogens is 408 g/mol. The minimum atomic E-state index is -0.232. The van der Waals surface area contributed by atoms with Crippen LogP contribution in [0.25, 0.3) is 0 Å². The van der Waals surface area contributed by atoms with Gasteiger partial charge in [-0.2, -0.15) is 5.10 Å². The number of benzene rings is 1. The van der Waals surface area contributed by atoms with Gasteiger partial charge in [-0.05, 0) is 31.0 Å². The summed E-state index contributed by atoms with van der Waals surface area (Å²) in [6.07, 6.45) is 4.95. The van der Waals surface area contributed by atoms with E-state index in [0.29, 0.717) is 31.0 Å². The first-order valence-electron chi connectivity index (χ1n) is 11.1. The second-order valence-corrected chi connectivity index (χ2v) is 8.36. The van der Waals surface area contributed by atoms with Crippen LogP contribution in [0.4, 0.5) is 0 Å². The second-order valence-electron chi connectivity index (χ2n) is 8.36. The molecule has 1 fully saturated rings. The van der Waals surface area contributed by atoms with Gasteiger partial charge >= 0.3 is 0 Å². The summed E-state index contributed by atoms with van der Waals surface area (Å²) in [5, 5.41) is 7.58. The van der Waals surface area contributed by atoms with E-state index < -0.39 is 0 Å². The summed E-state index contributed by atoms with van der Waals surface area (Å²) in [5.41, 5.74) is 2.23. The number of rotatable bonds is 5. The zero-order valence-corrected chi connectivity index (χ0v) is 18.0. The number of para-hydroxylation sites is 1. The van der Waals surface area contributed by atoms with Gasteiger partial charge < -0.3 is 19.4 Å². The number of nitrogens with zero attached hydrogens (tertiary/aromatic N) is 3. The normalized spacial score (nSPS) is 16.1. The van der Waals surface area contributed by atoms with Crippen LogP contribution in [0.5, 0.6) is 11.7 Å². The van der Waals surface area contributed by atoms with Crippen LogP contribution >= 0.6 is 0 Å². The van der Waals surface area contributed by atoms with E-state index >= 15 is 0 Å². The van der Waals surface area contributed by atoms with Crippen molar-refractivity contribution in [1.82, 2.24) is 20.0 Å². The van der Waals surface area contributed by atoms with Gasteiger partial charge in [-0.3, -0.25) is 14.3 Å². The molecule has 5 rings (SSSR count). The fourth-order valence-corrected chi connectivity index (χ4v) is 4.52. The highest BCUT2D eigenvalue weighted by atomic mass is 16.6. The van der Waals surface area contributed by atoms with Gasteiger partial charge in [0.1, 0.15) is 5.75 Å². The lowest BCUT2D eigenvalue weighted by Gasteiger charge is -2.27. The summed E-state index contributed by atoms with van der Waals surface area (Å²) in [6, 6.07) is 12.7. The zero-order chi connectivity index (χ0) is 22.1. The molecule has 2 aliphatic rings. The molecule has 0 saturated heterocycles. The van der Waals surface area contributed by atoms with Gasteiger partial charge in [0.2, 0.25) is 0 Å². The van der Waals surface area contributed by atoms with Crippen LogP contribution in [0.3, 0.4) is 0 Å². The fourth-order valence-electron chi connectivity index (χ4n) is 4.52. The molecule has 8 heteroatoms. The number of amides is 2. The quantitative estimate of drug-likeness (QED) is 0.662. The predicted octanol–water partition coefficient (Wildman–Crippen LogP) is 3.68. The zero-order valence-electron chi connectivity index (χ0n) is 18.0. The van der Waals surface area contributed by atoms with Crippen LogP contribution in [-0.2, 0) is 20.0 Å². The minimum absolute atomic E-state index is 0.153. The molecule has 3 heterocycles. The highest BCUT2D eigenvalue weighted by Crippen LogP contribution is 2.27. The van der Waals surface area contributed by atoms with Gasteiger partial charge in [-0.15, -0.1) is 0 Å². The van der Waals surface area contributed by atoms with Crippen molar-refractivity contribution in [2.24, 2.45) is 7.05 Å². The lowest BCUT2D eigenvalue weighted by molar-refractivity contribution is 0.0693. The van der Waals surface area contributed by atoms with E-state index in [4.69, 9.17) is 9.15 Å². The molecule has 0 radical (unpaired) electrons. The fraction of sp³-hybridized carbons (Fsp3) is 0.375. The van der Waals surface area contributed by atoms with Crippen LogP contribution in [0, 0.1) is 0 Å². The summed E-state index contributed by atoms with van der Waals surface area (Å²) in [4.78, 5) is 27.7. The first-order chi connectivity index (χ1) is 15.6. The smallest absolute Gasteiger partial charge is 0.290 e. The maximum absolute atomic E-state index is 13.1. The van der Waals surface area contributed by atoms with E-state index in [0.717, 1.165) is 36.9 Å². The van der Waals surface area contributed by atoms with Crippen LogP contribution < -0.4 is 10.1 Å². The van der Waals surface area contributed by atoms with Crippen LogP contribution in [0.2, 0.25) is 0 Å². The van der Waals surface area contributed by atoms with E-state index in [-0.39, 0.29) is 29.6 Å². The van der Waals surface area contributed by atoms with Gasteiger partial charge in [0.15, 0.2) is 11.5 Å². The van der Waals surface area contributed by atoms with Crippen molar-refractivity contribution in [1.29, 1.82) is 0 Å². The van der Waals surface area contributed by atoms with E-state index in [1.54, 1.807) is 21.7 Å². The standard InChI is InChI=1S/C24H26N4O4/c1-27-19-13-14-28(15-18(19)22(26-27)23(29)25-16-7-5-6-8-16)24(30)20-11-12-21(32-20)31-17-9-3-2-4-10-17/h2-4,9-12,16H,5-8,13-15H2,1H3,(H,25,29). The summed E-state index contributed by atoms with van der Waals surface area (Å²) in [7, 11) is 1.85. The van der Waals surface area contributed by atoms with Crippen molar-refractivity contribution in [2.45, 2.75) is 44.7 Å². The lowest BCUT2D eigenvalue weighted by Crippen LogP contribution is -2.38. The van der Waals surface area contributed by atoms with E-state index in [1.807, 2.05) is 37.4 Å². The number of furan rings is 1. The maximum Gasteiger partial charge on any atom is 0.290 e. The van der Waals surface area contributed by atoms with Crippen molar-refractivity contribution in [3.05, 3.63) is 65.2 Å². The number of aromatic nitrogens is 2. The second kappa shape index (κ2) is 8.53. The topological polar surface area (TPSA) is 89.6 Å². The summed E-state index contributed by atoms with van der Waals surface area (Å²) in [5.74, 6) is 0.719. The Morgan fingerprint density at radius 1 is 1.12 bits per heavy atom. The number of hydrogen-bond acceptors (Lipinski definition) is 5. The van der Waals surface area contributed by atoms with Crippen LogP contribution in [0.15, 0.2) is 46.9 Å². The molecule has 1 aliphatic heterocycles.